The molecule has 5 heteroatoms. The highest BCUT2D eigenvalue weighted by molar-refractivity contribution is 9.10. The van der Waals surface area contributed by atoms with Crippen molar-refractivity contribution in [2.24, 2.45) is 0 Å². The third-order valence-electron chi connectivity index (χ3n) is 3.46. The number of benzene rings is 2. The molecular weight excluding hydrogens is 424 g/mol. The van der Waals surface area contributed by atoms with E-state index in [4.69, 9.17) is 14.2 Å². The Balaban J connectivity index is 1.61. The summed E-state index contributed by atoms with van der Waals surface area (Å²) in [5.41, 5.74) is 4.70. The van der Waals surface area contributed by atoms with E-state index in [0.29, 0.717) is 13.2 Å². The average molecular weight is 444 g/mol. The van der Waals surface area contributed by atoms with Crippen molar-refractivity contribution in [3.63, 3.8) is 0 Å². The Morgan fingerprint density at radius 1 is 0.696 bits per heavy atom. The van der Waals surface area contributed by atoms with Crippen LogP contribution >= 0.6 is 31.9 Å². The quantitative estimate of drug-likeness (QED) is 0.398. The Kier molecular flexibility index (Phi) is 7.73. The van der Waals surface area contributed by atoms with Crippen molar-refractivity contribution in [2.45, 2.75) is 27.1 Å². The van der Waals surface area contributed by atoms with Crippen LogP contribution in [0.15, 0.2) is 45.3 Å². The first kappa shape index (κ1) is 18.6. The van der Waals surface area contributed by atoms with Gasteiger partial charge in [0, 0.05) is 8.95 Å². The minimum atomic E-state index is 0.217. The van der Waals surface area contributed by atoms with Gasteiger partial charge >= 0.3 is 0 Å². The smallest absolute Gasteiger partial charge is 0.150 e. The molecule has 0 unspecified atom stereocenters. The highest BCUT2D eigenvalue weighted by Gasteiger charge is 2.01. The molecule has 0 aliphatic heterocycles. The fourth-order valence-corrected chi connectivity index (χ4v) is 3.05. The van der Waals surface area contributed by atoms with Crippen molar-refractivity contribution in [3.05, 3.63) is 67.6 Å². The molecular formula is C18H20Br2O3. The van der Waals surface area contributed by atoms with E-state index in [1.54, 1.807) is 0 Å². The van der Waals surface area contributed by atoms with Crippen LogP contribution in [0, 0.1) is 13.8 Å². The predicted molar refractivity (Wildman–Crippen MR) is 98.2 cm³/mol. The molecule has 0 aliphatic rings. The minimum Gasteiger partial charge on any atom is -0.351 e. The van der Waals surface area contributed by atoms with Crippen LogP contribution in [-0.2, 0) is 27.4 Å². The third kappa shape index (κ3) is 6.36. The molecule has 0 amide bonds. The maximum absolute atomic E-state index is 5.51. The van der Waals surface area contributed by atoms with E-state index in [1.165, 1.54) is 11.1 Å². The Bertz CT molecular complexity index is 589. The molecule has 0 fully saturated rings. The van der Waals surface area contributed by atoms with Gasteiger partial charge in [-0.25, -0.2) is 0 Å². The van der Waals surface area contributed by atoms with Gasteiger partial charge < -0.3 is 14.2 Å². The fourth-order valence-electron chi connectivity index (χ4n) is 2.10. The summed E-state index contributed by atoms with van der Waals surface area (Å²) in [6, 6.07) is 12.3. The van der Waals surface area contributed by atoms with E-state index in [2.05, 4.69) is 57.8 Å². The molecule has 0 radical (unpaired) electrons. The first-order valence-electron chi connectivity index (χ1n) is 7.29. The van der Waals surface area contributed by atoms with Gasteiger partial charge in [0.05, 0.1) is 13.2 Å². The molecule has 0 heterocycles. The second-order valence-corrected chi connectivity index (χ2v) is 7.11. The number of hydrogen-bond acceptors (Lipinski definition) is 3. The lowest BCUT2D eigenvalue weighted by Gasteiger charge is -2.10. The molecule has 0 N–H and O–H groups in total. The average Bonchev–Trinajstić information content (AvgIpc) is 2.50. The monoisotopic (exact) mass is 442 g/mol. The predicted octanol–water partition coefficient (Wildman–Crippen LogP) is 5.49. The van der Waals surface area contributed by atoms with Crippen LogP contribution < -0.4 is 0 Å². The topological polar surface area (TPSA) is 27.7 Å². The lowest BCUT2D eigenvalue weighted by molar-refractivity contribution is -0.139. The van der Waals surface area contributed by atoms with Crippen LogP contribution in [-0.4, -0.2) is 13.6 Å². The molecule has 0 spiro atoms. The van der Waals surface area contributed by atoms with E-state index < -0.39 is 0 Å². The van der Waals surface area contributed by atoms with Crippen LogP contribution in [0.1, 0.15) is 22.3 Å². The lowest BCUT2D eigenvalue weighted by atomic mass is 10.1. The van der Waals surface area contributed by atoms with Crippen LogP contribution in [0.5, 0.6) is 0 Å². The number of ether oxygens (including phenoxy) is 3. The summed E-state index contributed by atoms with van der Waals surface area (Å²) in [5, 5.41) is 0. The van der Waals surface area contributed by atoms with Crippen LogP contribution in [0.2, 0.25) is 0 Å². The maximum atomic E-state index is 5.51. The van der Waals surface area contributed by atoms with Gasteiger partial charge in [0.25, 0.3) is 0 Å². The Morgan fingerprint density at radius 2 is 1.13 bits per heavy atom. The van der Waals surface area contributed by atoms with Crippen molar-refractivity contribution in [3.8, 4) is 0 Å². The van der Waals surface area contributed by atoms with Gasteiger partial charge in [-0.1, -0.05) is 44.0 Å². The second-order valence-electron chi connectivity index (χ2n) is 5.28. The molecule has 3 nitrogen and oxygen atoms in total. The summed E-state index contributed by atoms with van der Waals surface area (Å²) in [4.78, 5) is 0. The van der Waals surface area contributed by atoms with E-state index in [0.717, 1.165) is 20.1 Å². The highest BCUT2D eigenvalue weighted by Crippen LogP contribution is 2.17. The van der Waals surface area contributed by atoms with E-state index in [-0.39, 0.29) is 13.6 Å². The number of rotatable bonds is 8. The summed E-state index contributed by atoms with van der Waals surface area (Å²) >= 11 is 6.90. The van der Waals surface area contributed by atoms with Crippen molar-refractivity contribution in [1.29, 1.82) is 0 Å². The highest BCUT2D eigenvalue weighted by atomic mass is 79.9. The summed E-state index contributed by atoms with van der Waals surface area (Å²) in [7, 11) is 0. The lowest BCUT2D eigenvalue weighted by Crippen LogP contribution is -2.06. The first-order chi connectivity index (χ1) is 11.1. The van der Waals surface area contributed by atoms with E-state index in [9.17, 15) is 0 Å². The molecule has 0 aromatic heterocycles. The Labute approximate surface area is 154 Å². The number of aryl methyl sites for hydroxylation is 2. The van der Waals surface area contributed by atoms with Gasteiger partial charge in [0.15, 0.2) is 0 Å². The molecule has 2 aromatic rings. The normalized spacial score (nSPS) is 11.0. The van der Waals surface area contributed by atoms with Crippen molar-refractivity contribution in [1.82, 2.24) is 0 Å². The van der Waals surface area contributed by atoms with Crippen LogP contribution in [0.3, 0.4) is 0 Å². The summed E-state index contributed by atoms with van der Waals surface area (Å²) in [6.45, 7) is 5.63. The van der Waals surface area contributed by atoms with Crippen molar-refractivity contribution in [2.75, 3.05) is 13.6 Å². The molecule has 23 heavy (non-hydrogen) atoms. The molecule has 0 aliphatic carbocycles. The zero-order chi connectivity index (χ0) is 16.7. The van der Waals surface area contributed by atoms with Gasteiger partial charge in [-0.2, -0.15) is 0 Å². The fraction of sp³-hybridized carbons (Fsp3) is 0.333. The molecule has 0 atom stereocenters. The second kappa shape index (κ2) is 9.55. The first-order valence-corrected chi connectivity index (χ1v) is 8.88. The Hall–Kier alpha value is -0.720. The third-order valence-corrected chi connectivity index (χ3v) is 4.44. The van der Waals surface area contributed by atoms with Crippen LogP contribution in [0.4, 0.5) is 0 Å². The minimum absolute atomic E-state index is 0.217. The van der Waals surface area contributed by atoms with Crippen molar-refractivity contribution < 1.29 is 14.2 Å². The SMILES string of the molecule is Cc1cc(Br)ccc1COCOCOCc1ccc(Br)cc1C. The molecule has 124 valence electrons. The molecule has 0 bridgehead atoms. The zero-order valence-corrected chi connectivity index (χ0v) is 16.4. The largest absolute Gasteiger partial charge is 0.351 e. The molecule has 2 rings (SSSR count). The zero-order valence-electron chi connectivity index (χ0n) is 13.3. The van der Waals surface area contributed by atoms with E-state index >= 15 is 0 Å². The van der Waals surface area contributed by atoms with Crippen LogP contribution in [0.25, 0.3) is 0 Å². The van der Waals surface area contributed by atoms with Gasteiger partial charge in [-0.3, -0.25) is 0 Å². The summed E-state index contributed by atoms with van der Waals surface area (Å²) in [5.74, 6) is 0. The summed E-state index contributed by atoms with van der Waals surface area (Å²) < 4.78 is 18.5. The number of halogens is 2. The van der Waals surface area contributed by atoms with E-state index in [1.807, 2.05) is 24.3 Å². The van der Waals surface area contributed by atoms with Gasteiger partial charge in [-0.15, -0.1) is 0 Å². The van der Waals surface area contributed by atoms with Gasteiger partial charge in [-0.05, 0) is 60.4 Å². The van der Waals surface area contributed by atoms with Gasteiger partial charge in [0.2, 0.25) is 0 Å². The number of hydrogen-bond donors (Lipinski definition) is 0. The van der Waals surface area contributed by atoms with Gasteiger partial charge in [0.1, 0.15) is 13.6 Å². The molecule has 0 saturated carbocycles. The molecule has 2 aromatic carbocycles. The van der Waals surface area contributed by atoms with Crippen molar-refractivity contribution >= 4 is 31.9 Å². The maximum Gasteiger partial charge on any atom is 0.150 e. The summed E-state index contributed by atoms with van der Waals surface area (Å²) in [6.07, 6.45) is 0. The Morgan fingerprint density at radius 3 is 1.52 bits per heavy atom. The standard InChI is InChI=1S/C18H20Br2O3/c1-13-7-17(19)5-3-15(13)9-21-11-23-12-22-10-16-4-6-18(20)8-14(16)2/h3-8H,9-12H2,1-2H3. The molecule has 0 saturated heterocycles.